The average molecular weight is 191 g/mol. The molecular weight excluding hydrogens is 187 g/mol. The summed E-state index contributed by atoms with van der Waals surface area (Å²) in [7, 11) is 0. The van der Waals surface area contributed by atoms with Crippen molar-refractivity contribution >= 4 is 29.0 Å². The molecule has 0 bridgehead atoms. The first-order valence-electron chi connectivity index (χ1n) is 2.80. The molecule has 0 spiro atoms. The number of rotatable bonds is 1. The van der Waals surface area contributed by atoms with Gasteiger partial charge in [0.1, 0.15) is 16.6 Å². The summed E-state index contributed by atoms with van der Waals surface area (Å²) in [5.74, 6) is -0.236. The minimum absolute atomic E-state index is 0.0949. The van der Waals surface area contributed by atoms with E-state index in [1.54, 1.807) is 0 Å². The third kappa shape index (κ3) is 1.67. The van der Waals surface area contributed by atoms with E-state index in [4.69, 9.17) is 23.2 Å². The summed E-state index contributed by atoms with van der Waals surface area (Å²) >= 11 is 11.1. The van der Waals surface area contributed by atoms with Crippen molar-refractivity contribution in [1.29, 1.82) is 0 Å². The highest BCUT2D eigenvalue weighted by Gasteiger charge is 2.11. The van der Waals surface area contributed by atoms with Crippen molar-refractivity contribution in [2.45, 2.75) is 6.92 Å². The normalized spacial score (nSPS) is 9.73. The first kappa shape index (κ1) is 8.43. The van der Waals surface area contributed by atoms with Crippen molar-refractivity contribution in [3.8, 4) is 0 Å². The number of halogens is 2. The smallest absolute Gasteiger partial charge is 0.166 e. The van der Waals surface area contributed by atoms with Crippen molar-refractivity contribution in [2.24, 2.45) is 0 Å². The summed E-state index contributed by atoms with van der Waals surface area (Å²) in [6, 6.07) is 0. The van der Waals surface area contributed by atoms with E-state index in [0.29, 0.717) is 0 Å². The number of hydrogen-bond acceptors (Lipinski definition) is 3. The molecule has 0 fully saturated rings. The number of carbonyl (C=O) groups is 1. The Kier molecular flexibility index (Phi) is 2.42. The van der Waals surface area contributed by atoms with Crippen LogP contribution in [0.25, 0.3) is 0 Å². The van der Waals surface area contributed by atoms with Crippen molar-refractivity contribution < 1.29 is 4.79 Å². The van der Waals surface area contributed by atoms with Gasteiger partial charge in [-0.15, -0.1) is 0 Å². The minimum Gasteiger partial charge on any atom is -0.294 e. The highest BCUT2D eigenvalue weighted by Crippen LogP contribution is 2.19. The first-order valence-corrected chi connectivity index (χ1v) is 3.55. The Morgan fingerprint density at radius 3 is 2.09 bits per heavy atom. The van der Waals surface area contributed by atoms with E-state index in [0.717, 1.165) is 0 Å². The van der Waals surface area contributed by atoms with Crippen LogP contribution in [-0.4, -0.2) is 15.8 Å². The molecule has 1 heterocycles. The second-order valence-corrected chi connectivity index (χ2v) is 2.60. The van der Waals surface area contributed by atoms with Gasteiger partial charge in [-0.1, -0.05) is 23.2 Å². The highest BCUT2D eigenvalue weighted by molar-refractivity contribution is 6.38. The Labute approximate surface area is 73.4 Å². The topological polar surface area (TPSA) is 42.9 Å². The lowest BCUT2D eigenvalue weighted by Gasteiger charge is -1.98. The van der Waals surface area contributed by atoms with Gasteiger partial charge in [0.05, 0.1) is 5.56 Å². The molecule has 0 saturated carbocycles. The number of hydrogen-bond donors (Lipinski definition) is 0. The molecule has 11 heavy (non-hydrogen) atoms. The molecule has 0 aliphatic rings. The van der Waals surface area contributed by atoms with Crippen LogP contribution in [0.2, 0.25) is 10.3 Å². The van der Waals surface area contributed by atoms with Crippen molar-refractivity contribution in [2.75, 3.05) is 0 Å². The molecule has 1 aromatic heterocycles. The molecule has 0 saturated heterocycles. The van der Waals surface area contributed by atoms with Crippen LogP contribution in [0.5, 0.6) is 0 Å². The van der Waals surface area contributed by atoms with Crippen LogP contribution in [0.15, 0.2) is 6.33 Å². The molecular formula is C6H4Cl2N2O. The lowest BCUT2D eigenvalue weighted by Crippen LogP contribution is -1.98. The largest absolute Gasteiger partial charge is 0.294 e. The molecule has 0 aromatic carbocycles. The molecule has 1 rings (SSSR count). The third-order valence-electron chi connectivity index (χ3n) is 1.11. The van der Waals surface area contributed by atoms with Gasteiger partial charge in [0.15, 0.2) is 5.78 Å². The van der Waals surface area contributed by atoms with E-state index in [2.05, 4.69) is 9.97 Å². The monoisotopic (exact) mass is 190 g/mol. The number of carbonyl (C=O) groups excluding carboxylic acids is 1. The van der Waals surface area contributed by atoms with Crippen LogP contribution in [0.1, 0.15) is 17.3 Å². The Bertz CT molecular complexity index is 280. The second-order valence-electron chi connectivity index (χ2n) is 1.89. The predicted octanol–water partition coefficient (Wildman–Crippen LogP) is 1.99. The van der Waals surface area contributed by atoms with Crippen LogP contribution in [-0.2, 0) is 0 Å². The van der Waals surface area contributed by atoms with Gasteiger partial charge in [-0.05, 0) is 6.92 Å². The fourth-order valence-electron chi connectivity index (χ4n) is 0.635. The van der Waals surface area contributed by atoms with Gasteiger partial charge in [-0.2, -0.15) is 0 Å². The quantitative estimate of drug-likeness (QED) is 0.503. The molecule has 3 nitrogen and oxygen atoms in total. The van der Waals surface area contributed by atoms with Crippen molar-refractivity contribution in [3.63, 3.8) is 0 Å². The molecule has 58 valence electrons. The molecule has 5 heteroatoms. The highest BCUT2D eigenvalue weighted by atomic mass is 35.5. The average Bonchev–Trinajstić information content (AvgIpc) is 1.85. The van der Waals surface area contributed by atoms with E-state index >= 15 is 0 Å². The van der Waals surface area contributed by atoms with Gasteiger partial charge < -0.3 is 0 Å². The summed E-state index contributed by atoms with van der Waals surface area (Å²) in [6.45, 7) is 1.36. The van der Waals surface area contributed by atoms with Gasteiger partial charge in [0.2, 0.25) is 0 Å². The van der Waals surface area contributed by atoms with Gasteiger partial charge in [-0.25, -0.2) is 9.97 Å². The summed E-state index contributed by atoms with van der Waals surface area (Å²) < 4.78 is 0. The van der Waals surface area contributed by atoms with Gasteiger partial charge in [0, 0.05) is 0 Å². The molecule has 0 amide bonds. The van der Waals surface area contributed by atoms with Crippen LogP contribution < -0.4 is 0 Å². The Morgan fingerprint density at radius 1 is 1.36 bits per heavy atom. The second kappa shape index (κ2) is 3.15. The Balaban J connectivity index is 3.32. The first-order chi connectivity index (χ1) is 5.13. The number of aromatic nitrogens is 2. The van der Waals surface area contributed by atoms with Crippen LogP contribution in [0.4, 0.5) is 0 Å². The SMILES string of the molecule is CC(=O)c1c(Cl)ncnc1Cl. The van der Waals surface area contributed by atoms with E-state index in [9.17, 15) is 4.79 Å². The van der Waals surface area contributed by atoms with Gasteiger partial charge in [-0.3, -0.25) is 4.79 Å². The Morgan fingerprint density at radius 2 is 1.82 bits per heavy atom. The summed E-state index contributed by atoms with van der Waals surface area (Å²) in [5, 5.41) is 0.190. The van der Waals surface area contributed by atoms with E-state index in [-0.39, 0.29) is 21.7 Å². The summed E-state index contributed by atoms with van der Waals surface area (Å²) in [4.78, 5) is 18.1. The predicted molar refractivity (Wildman–Crippen MR) is 42.1 cm³/mol. The maximum absolute atomic E-state index is 10.8. The lowest BCUT2D eigenvalue weighted by atomic mass is 10.2. The maximum atomic E-state index is 10.8. The van der Waals surface area contributed by atoms with Gasteiger partial charge in [0.25, 0.3) is 0 Å². The number of Topliss-reactive ketones (excluding diaryl/α,β-unsaturated/α-hetero) is 1. The van der Waals surface area contributed by atoms with Crippen LogP contribution >= 0.6 is 23.2 Å². The van der Waals surface area contributed by atoms with E-state index in [1.807, 2.05) is 0 Å². The standard InChI is InChI=1S/C6H4Cl2N2O/c1-3(11)4-5(7)9-2-10-6(4)8/h2H,1H3. The van der Waals surface area contributed by atoms with Crippen LogP contribution in [0.3, 0.4) is 0 Å². The maximum Gasteiger partial charge on any atom is 0.166 e. The molecule has 0 unspecified atom stereocenters. The van der Waals surface area contributed by atoms with E-state index < -0.39 is 0 Å². The summed E-state index contributed by atoms with van der Waals surface area (Å²) in [6.07, 6.45) is 1.21. The fourth-order valence-corrected chi connectivity index (χ4v) is 1.22. The molecule has 0 aliphatic heterocycles. The zero-order valence-electron chi connectivity index (χ0n) is 5.64. The van der Waals surface area contributed by atoms with Gasteiger partial charge >= 0.3 is 0 Å². The molecule has 0 N–H and O–H groups in total. The fraction of sp³-hybridized carbons (Fsp3) is 0.167. The van der Waals surface area contributed by atoms with Crippen molar-refractivity contribution in [1.82, 2.24) is 9.97 Å². The zero-order chi connectivity index (χ0) is 8.43. The molecule has 0 atom stereocenters. The lowest BCUT2D eigenvalue weighted by molar-refractivity contribution is 0.101. The number of ketones is 1. The third-order valence-corrected chi connectivity index (χ3v) is 1.68. The van der Waals surface area contributed by atoms with Crippen molar-refractivity contribution in [3.05, 3.63) is 22.2 Å². The molecule has 0 radical (unpaired) electrons. The Hall–Kier alpha value is -0.670. The number of nitrogens with zero attached hydrogens (tertiary/aromatic N) is 2. The molecule has 1 aromatic rings. The van der Waals surface area contributed by atoms with Crippen LogP contribution in [0, 0.1) is 0 Å². The summed E-state index contributed by atoms with van der Waals surface area (Å²) in [5.41, 5.74) is 0.177. The molecule has 0 aliphatic carbocycles. The zero-order valence-corrected chi connectivity index (χ0v) is 7.15. The minimum atomic E-state index is -0.236. The van der Waals surface area contributed by atoms with E-state index in [1.165, 1.54) is 13.3 Å².